The van der Waals surface area contributed by atoms with Crippen LogP contribution in [-0.4, -0.2) is 20.1 Å². The van der Waals surface area contributed by atoms with Crippen LogP contribution in [0.3, 0.4) is 0 Å². The SMILES string of the molecule is Fc1ccccc1CCc1nc(-c2cnccn2)no1. The van der Waals surface area contributed by atoms with E-state index >= 15 is 0 Å². The maximum Gasteiger partial charge on any atom is 0.227 e. The molecule has 20 heavy (non-hydrogen) atoms. The maximum atomic E-state index is 13.5. The molecule has 0 aliphatic rings. The van der Waals surface area contributed by atoms with Gasteiger partial charge in [0.05, 0.1) is 6.20 Å². The van der Waals surface area contributed by atoms with Crippen LogP contribution in [-0.2, 0) is 12.8 Å². The number of hydrogen-bond acceptors (Lipinski definition) is 5. The lowest BCUT2D eigenvalue weighted by Gasteiger charge is -1.99. The van der Waals surface area contributed by atoms with Crippen molar-refractivity contribution in [1.82, 2.24) is 20.1 Å². The van der Waals surface area contributed by atoms with Crippen molar-refractivity contribution in [2.24, 2.45) is 0 Å². The summed E-state index contributed by atoms with van der Waals surface area (Å²) in [6, 6.07) is 6.65. The third-order valence-electron chi connectivity index (χ3n) is 2.83. The van der Waals surface area contributed by atoms with Gasteiger partial charge in [0.15, 0.2) is 0 Å². The van der Waals surface area contributed by atoms with Crippen LogP contribution in [0.15, 0.2) is 47.4 Å². The van der Waals surface area contributed by atoms with Crippen molar-refractivity contribution in [3.05, 3.63) is 60.1 Å². The molecule has 0 amide bonds. The van der Waals surface area contributed by atoms with Crippen LogP contribution in [0.25, 0.3) is 11.5 Å². The van der Waals surface area contributed by atoms with Gasteiger partial charge in [-0.05, 0) is 18.1 Å². The molecule has 0 spiro atoms. The quantitative estimate of drug-likeness (QED) is 0.728. The summed E-state index contributed by atoms with van der Waals surface area (Å²) in [5.41, 5.74) is 1.18. The Morgan fingerprint density at radius 1 is 1.10 bits per heavy atom. The van der Waals surface area contributed by atoms with E-state index in [1.165, 1.54) is 6.07 Å². The molecule has 3 aromatic rings. The number of rotatable bonds is 4. The van der Waals surface area contributed by atoms with E-state index in [4.69, 9.17) is 4.52 Å². The molecule has 100 valence electrons. The van der Waals surface area contributed by atoms with E-state index in [0.717, 1.165) is 0 Å². The first-order valence-electron chi connectivity index (χ1n) is 6.15. The largest absolute Gasteiger partial charge is 0.339 e. The summed E-state index contributed by atoms with van der Waals surface area (Å²) < 4.78 is 18.6. The zero-order chi connectivity index (χ0) is 13.8. The smallest absolute Gasteiger partial charge is 0.227 e. The molecule has 2 aromatic heterocycles. The van der Waals surface area contributed by atoms with Crippen molar-refractivity contribution in [1.29, 1.82) is 0 Å². The van der Waals surface area contributed by atoms with Crippen molar-refractivity contribution in [3.63, 3.8) is 0 Å². The average molecular weight is 270 g/mol. The molecule has 2 heterocycles. The topological polar surface area (TPSA) is 64.7 Å². The fourth-order valence-corrected chi connectivity index (χ4v) is 1.82. The summed E-state index contributed by atoms with van der Waals surface area (Å²) in [7, 11) is 0. The van der Waals surface area contributed by atoms with Crippen LogP contribution in [0.5, 0.6) is 0 Å². The van der Waals surface area contributed by atoms with Crippen molar-refractivity contribution in [2.45, 2.75) is 12.8 Å². The Morgan fingerprint density at radius 2 is 2.00 bits per heavy atom. The molecule has 0 N–H and O–H groups in total. The molecule has 5 nitrogen and oxygen atoms in total. The zero-order valence-electron chi connectivity index (χ0n) is 10.5. The Kier molecular flexibility index (Phi) is 3.45. The lowest BCUT2D eigenvalue weighted by molar-refractivity contribution is 0.378. The second-order valence-electron chi connectivity index (χ2n) is 4.19. The Bertz CT molecular complexity index is 699. The van der Waals surface area contributed by atoms with Crippen LogP contribution in [0.1, 0.15) is 11.5 Å². The van der Waals surface area contributed by atoms with Gasteiger partial charge in [0, 0.05) is 18.8 Å². The Labute approximate surface area is 114 Å². The molecule has 0 fully saturated rings. The van der Waals surface area contributed by atoms with Crippen molar-refractivity contribution < 1.29 is 8.91 Å². The van der Waals surface area contributed by atoms with E-state index < -0.39 is 0 Å². The molecular formula is C14H11FN4O. The first-order valence-corrected chi connectivity index (χ1v) is 6.15. The number of nitrogens with zero attached hydrogens (tertiary/aromatic N) is 4. The minimum absolute atomic E-state index is 0.221. The molecule has 0 unspecified atom stereocenters. The molecule has 6 heteroatoms. The number of benzene rings is 1. The first-order chi connectivity index (χ1) is 9.83. The standard InChI is InChI=1S/C14H11FN4O/c15-11-4-2-1-3-10(11)5-6-13-18-14(19-20-13)12-9-16-7-8-17-12/h1-4,7-9H,5-6H2. The highest BCUT2D eigenvalue weighted by Gasteiger charge is 2.10. The summed E-state index contributed by atoms with van der Waals surface area (Å²) in [5, 5.41) is 3.84. The van der Waals surface area contributed by atoms with Crippen molar-refractivity contribution in [2.75, 3.05) is 0 Å². The molecule has 0 saturated heterocycles. The van der Waals surface area contributed by atoms with E-state index in [2.05, 4.69) is 20.1 Å². The van der Waals surface area contributed by atoms with E-state index in [1.54, 1.807) is 36.8 Å². The minimum atomic E-state index is -0.221. The van der Waals surface area contributed by atoms with Gasteiger partial charge in [0.1, 0.15) is 11.5 Å². The van der Waals surface area contributed by atoms with Gasteiger partial charge in [0.25, 0.3) is 0 Å². The summed E-state index contributed by atoms with van der Waals surface area (Å²) in [6.45, 7) is 0. The van der Waals surface area contributed by atoms with Gasteiger partial charge in [-0.3, -0.25) is 4.98 Å². The predicted octanol–water partition coefficient (Wildman–Crippen LogP) is 2.45. The van der Waals surface area contributed by atoms with Gasteiger partial charge < -0.3 is 4.52 Å². The number of hydrogen-bond donors (Lipinski definition) is 0. The molecule has 0 bridgehead atoms. The van der Waals surface area contributed by atoms with Gasteiger partial charge in [-0.25, -0.2) is 9.37 Å². The van der Waals surface area contributed by atoms with Gasteiger partial charge >= 0.3 is 0 Å². The number of halogens is 1. The summed E-state index contributed by atoms with van der Waals surface area (Å²) in [4.78, 5) is 12.3. The lowest BCUT2D eigenvalue weighted by atomic mass is 10.1. The average Bonchev–Trinajstić information content (AvgIpc) is 2.96. The van der Waals surface area contributed by atoms with E-state index in [1.807, 2.05) is 0 Å². The van der Waals surface area contributed by atoms with Crippen LogP contribution in [0.4, 0.5) is 4.39 Å². The van der Waals surface area contributed by atoms with Crippen LogP contribution >= 0.6 is 0 Å². The monoisotopic (exact) mass is 270 g/mol. The van der Waals surface area contributed by atoms with E-state index in [9.17, 15) is 4.39 Å². The second-order valence-corrected chi connectivity index (χ2v) is 4.19. The van der Waals surface area contributed by atoms with Crippen molar-refractivity contribution in [3.8, 4) is 11.5 Å². The third-order valence-corrected chi connectivity index (χ3v) is 2.83. The maximum absolute atomic E-state index is 13.5. The van der Waals surface area contributed by atoms with Crippen molar-refractivity contribution >= 4 is 0 Å². The highest BCUT2D eigenvalue weighted by Crippen LogP contribution is 2.13. The third kappa shape index (κ3) is 2.69. The highest BCUT2D eigenvalue weighted by molar-refractivity contribution is 5.45. The summed E-state index contributed by atoms with van der Waals surface area (Å²) in [5.74, 6) is 0.622. The molecule has 0 aliphatic heterocycles. The Hall–Kier alpha value is -2.63. The van der Waals surface area contributed by atoms with Crippen LogP contribution < -0.4 is 0 Å². The van der Waals surface area contributed by atoms with Crippen LogP contribution in [0.2, 0.25) is 0 Å². The summed E-state index contributed by atoms with van der Waals surface area (Å²) >= 11 is 0. The Morgan fingerprint density at radius 3 is 2.80 bits per heavy atom. The van der Waals surface area contributed by atoms with Crippen LogP contribution in [0, 0.1) is 5.82 Å². The predicted molar refractivity (Wildman–Crippen MR) is 69.1 cm³/mol. The molecule has 0 saturated carbocycles. The second kappa shape index (κ2) is 5.56. The lowest BCUT2D eigenvalue weighted by Crippen LogP contribution is -1.95. The summed E-state index contributed by atoms with van der Waals surface area (Å²) in [6.07, 6.45) is 5.68. The first kappa shape index (κ1) is 12.4. The van der Waals surface area contributed by atoms with E-state index in [-0.39, 0.29) is 5.82 Å². The Balaban J connectivity index is 1.71. The number of aromatic nitrogens is 4. The van der Waals surface area contributed by atoms with Gasteiger partial charge in [0.2, 0.25) is 11.7 Å². The fraction of sp³-hybridized carbons (Fsp3) is 0.143. The minimum Gasteiger partial charge on any atom is -0.339 e. The molecule has 0 aliphatic carbocycles. The molecule has 0 atom stereocenters. The normalized spacial score (nSPS) is 10.7. The van der Waals surface area contributed by atoms with Gasteiger partial charge in [-0.15, -0.1) is 0 Å². The fourth-order valence-electron chi connectivity index (χ4n) is 1.82. The highest BCUT2D eigenvalue weighted by atomic mass is 19.1. The van der Waals surface area contributed by atoms with Gasteiger partial charge in [-0.1, -0.05) is 23.4 Å². The van der Waals surface area contributed by atoms with E-state index in [0.29, 0.717) is 35.8 Å². The molecule has 0 radical (unpaired) electrons. The van der Waals surface area contributed by atoms with Gasteiger partial charge in [-0.2, -0.15) is 4.98 Å². The molecular weight excluding hydrogens is 259 g/mol. The molecule has 3 rings (SSSR count). The molecule has 1 aromatic carbocycles. The zero-order valence-corrected chi connectivity index (χ0v) is 10.5. The number of aryl methyl sites for hydroxylation is 2.